The summed E-state index contributed by atoms with van der Waals surface area (Å²) in [6.07, 6.45) is 5.12. The molecule has 0 fully saturated rings. The zero-order chi connectivity index (χ0) is 15.7. The van der Waals surface area contributed by atoms with Gasteiger partial charge in [-0.3, -0.25) is 0 Å². The van der Waals surface area contributed by atoms with Crippen molar-refractivity contribution in [1.29, 1.82) is 0 Å². The first-order chi connectivity index (χ1) is 9.31. The normalized spacial score (nSPS) is 11.5. The quantitative estimate of drug-likeness (QED) is 0.421. The summed E-state index contributed by atoms with van der Waals surface area (Å²) in [6.45, 7) is 15.4. The lowest BCUT2D eigenvalue weighted by atomic mass is 10.2. The van der Waals surface area contributed by atoms with E-state index in [2.05, 4.69) is 23.5 Å². The lowest BCUT2D eigenvalue weighted by Gasteiger charge is -2.11. The first-order valence-electron chi connectivity index (χ1n) is 6.20. The molecule has 0 rings (SSSR count). The molecule has 0 aromatic rings. The topological polar surface area (TPSA) is 33.6 Å². The molecule has 0 radical (unpaired) electrons. The van der Waals surface area contributed by atoms with Crippen molar-refractivity contribution in [2.75, 3.05) is 7.11 Å². The van der Waals surface area contributed by atoms with Crippen LogP contribution in [0.15, 0.2) is 63.8 Å². The van der Waals surface area contributed by atoms with Crippen LogP contribution in [0.3, 0.4) is 0 Å². The summed E-state index contributed by atoms with van der Waals surface area (Å²) in [7, 11) is 1.59. The average Bonchev–Trinajstić information content (AvgIpc) is 2.36. The van der Waals surface area contributed by atoms with Crippen LogP contribution in [0.25, 0.3) is 0 Å². The van der Waals surface area contributed by atoms with Crippen molar-refractivity contribution >= 4 is 17.8 Å². The number of nitrogens with one attached hydrogen (secondary N) is 1. The third-order valence-electron chi connectivity index (χ3n) is 2.19. The fourth-order valence-corrected chi connectivity index (χ4v) is 1.26. The molecule has 0 spiro atoms. The minimum absolute atomic E-state index is 0.466. The molecular formula is C16H23ClN2O. The molecule has 1 N–H and O–H groups in total. The monoisotopic (exact) mass is 294 g/mol. The second-order valence-corrected chi connectivity index (χ2v) is 4.99. The van der Waals surface area contributed by atoms with Gasteiger partial charge in [0.05, 0.1) is 17.8 Å². The maximum absolute atomic E-state index is 5.99. The highest BCUT2D eigenvalue weighted by atomic mass is 35.5. The number of nitrogens with zero attached hydrogens (tertiary/aromatic N) is 1. The number of hydrogen-bond acceptors (Lipinski definition) is 3. The van der Waals surface area contributed by atoms with Crippen LogP contribution in [-0.4, -0.2) is 13.3 Å². The maximum Gasteiger partial charge on any atom is 0.141 e. The lowest BCUT2D eigenvalue weighted by Crippen LogP contribution is -2.12. The highest BCUT2D eigenvalue weighted by Crippen LogP contribution is 2.11. The van der Waals surface area contributed by atoms with Gasteiger partial charge in [-0.1, -0.05) is 35.9 Å². The van der Waals surface area contributed by atoms with Gasteiger partial charge < -0.3 is 10.1 Å². The fraction of sp³-hybridized carbons (Fsp3) is 0.312. The molecule has 0 aromatic heterocycles. The van der Waals surface area contributed by atoms with Gasteiger partial charge in [0.2, 0.25) is 0 Å². The Kier molecular flexibility index (Phi) is 8.41. The van der Waals surface area contributed by atoms with Crippen molar-refractivity contribution in [2.24, 2.45) is 4.99 Å². The van der Waals surface area contributed by atoms with E-state index in [0.717, 1.165) is 16.8 Å². The first kappa shape index (κ1) is 18.3. The predicted octanol–water partition coefficient (Wildman–Crippen LogP) is 4.66. The predicted molar refractivity (Wildman–Crippen MR) is 88.7 cm³/mol. The molecule has 4 heteroatoms. The Balaban J connectivity index is 5.17. The summed E-state index contributed by atoms with van der Waals surface area (Å²) < 4.78 is 5.25. The van der Waals surface area contributed by atoms with Gasteiger partial charge >= 0.3 is 0 Å². The van der Waals surface area contributed by atoms with E-state index in [4.69, 9.17) is 16.3 Å². The Labute approximate surface area is 127 Å². The molecule has 0 aliphatic rings. The number of allylic oxidation sites excluding steroid dienone is 5. The second-order valence-electron chi connectivity index (χ2n) is 4.59. The minimum atomic E-state index is 0.466. The molecule has 0 atom stereocenters. The molecule has 3 nitrogen and oxygen atoms in total. The number of methoxy groups -OCH3 is 1. The van der Waals surface area contributed by atoms with Crippen molar-refractivity contribution in [2.45, 2.75) is 27.7 Å². The average molecular weight is 295 g/mol. The van der Waals surface area contributed by atoms with Gasteiger partial charge in [0.15, 0.2) is 0 Å². The Morgan fingerprint density at radius 2 is 1.85 bits per heavy atom. The van der Waals surface area contributed by atoms with E-state index in [1.165, 1.54) is 0 Å². The standard InChI is InChI=1S/C16H23ClN2O/c1-8-16(20-7)15(9-11(2)3)19-13(6)18-10-14(17)12(4)5/h8-10,19H,1,6H2,2-5,7H3/b16-15-,18-10-. The zero-order valence-electron chi connectivity index (χ0n) is 12.9. The third kappa shape index (κ3) is 7.00. The molecule has 20 heavy (non-hydrogen) atoms. The van der Waals surface area contributed by atoms with Crippen molar-refractivity contribution in [3.8, 4) is 0 Å². The van der Waals surface area contributed by atoms with Crippen LogP contribution in [0.2, 0.25) is 0 Å². The van der Waals surface area contributed by atoms with E-state index >= 15 is 0 Å². The molecule has 0 aliphatic carbocycles. The fourth-order valence-electron chi connectivity index (χ4n) is 1.21. The molecule has 0 aromatic carbocycles. The van der Waals surface area contributed by atoms with Gasteiger partial charge in [-0.25, -0.2) is 4.99 Å². The summed E-state index contributed by atoms with van der Waals surface area (Å²) in [5.41, 5.74) is 2.85. The first-order valence-corrected chi connectivity index (χ1v) is 6.58. The van der Waals surface area contributed by atoms with E-state index in [1.54, 1.807) is 19.4 Å². The summed E-state index contributed by atoms with van der Waals surface area (Å²) in [6, 6.07) is 0. The Morgan fingerprint density at radius 3 is 2.25 bits per heavy atom. The van der Waals surface area contributed by atoms with Crippen LogP contribution >= 0.6 is 11.6 Å². The SMILES string of the molecule is C=C/C(OC)=C(\C=C(C)C)NC(=C)/N=C\C(Cl)=C(C)C. The second kappa shape index (κ2) is 9.21. The Morgan fingerprint density at radius 1 is 1.25 bits per heavy atom. The van der Waals surface area contributed by atoms with Gasteiger partial charge in [0, 0.05) is 6.21 Å². The zero-order valence-corrected chi connectivity index (χ0v) is 13.6. The maximum atomic E-state index is 5.99. The van der Waals surface area contributed by atoms with E-state index in [-0.39, 0.29) is 0 Å². The number of rotatable bonds is 7. The summed E-state index contributed by atoms with van der Waals surface area (Å²) >= 11 is 5.99. The number of halogens is 1. The van der Waals surface area contributed by atoms with Crippen LogP contribution in [0.5, 0.6) is 0 Å². The van der Waals surface area contributed by atoms with Crippen LogP contribution in [-0.2, 0) is 4.74 Å². The third-order valence-corrected chi connectivity index (χ3v) is 2.67. The van der Waals surface area contributed by atoms with Gasteiger partial charge in [-0.2, -0.15) is 0 Å². The molecular weight excluding hydrogens is 272 g/mol. The Bertz CT molecular complexity index is 489. The number of aliphatic imine (C=N–C) groups is 1. The number of ether oxygens (including phenoxy) is 1. The minimum Gasteiger partial charge on any atom is -0.495 e. The van der Waals surface area contributed by atoms with E-state index in [0.29, 0.717) is 16.6 Å². The van der Waals surface area contributed by atoms with Gasteiger partial charge in [-0.15, -0.1) is 0 Å². The highest BCUT2D eigenvalue weighted by Gasteiger charge is 2.03. The summed E-state index contributed by atoms with van der Waals surface area (Å²) in [4.78, 5) is 4.17. The van der Waals surface area contributed by atoms with Crippen LogP contribution in [0.1, 0.15) is 27.7 Å². The molecule has 0 bridgehead atoms. The largest absolute Gasteiger partial charge is 0.495 e. The van der Waals surface area contributed by atoms with Crippen LogP contribution in [0, 0.1) is 0 Å². The van der Waals surface area contributed by atoms with Crippen molar-refractivity contribution in [3.05, 3.63) is 58.8 Å². The van der Waals surface area contributed by atoms with Crippen LogP contribution < -0.4 is 5.32 Å². The van der Waals surface area contributed by atoms with E-state index in [9.17, 15) is 0 Å². The van der Waals surface area contributed by atoms with Gasteiger partial charge in [-0.05, 0) is 39.8 Å². The van der Waals surface area contributed by atoms with Gasteiger partial charge in [0.25, 0.3) is 0 Å². The van der Waals surface area contributed by atoms with E-state index in [1.807, 2.05) is 33.8 Å². The van der Waals surface area contributed by atoms with Crippen molar-refractivity contribution in [3.63, 3.8) is 0 Å². The molecule has 0 aliphatic heterocycles. The number of hydrogen-bond donors (Lipinski definition) is 1. The van der Waals surface area contributed by atoms with Crippen molar-refractivity contribution in [1.82, 2.24) is 5.32 Å². The van der Waals surface area contributed by atoms with Crippen LogP contribution in [0.4, 0.5) is 0 Å². The molecule has 0 unspecified atom stereocenters. The summed E-state index contributed by atoms with van der Waals surface area (Å²) in [5, 5.41) is 3.67. The van der Waals surface area contributed by atoms with Crippen molar-refractivity contribution < 1.29 is 4.74 Å². The molecule has 110 valence electrons. The smallest absolute Gasteiger partial charge is 0.141 e. The van der Waals surface area contributed by atoms with Gasteiger partial charge in [0.1, 0.15) is 11.6 Å². The van der Waals surface area contributed by atoms with E-state index < -0.39 is 0 Å². The highest BCUT2D eigenvalue weighted by molar-refractivity contribution is 6.39. The lowest BCUT2D eigenvalue weighted by molar-refractivity contribution is 0.301. The molecule has 0 saturated carbocycles. The molecule has 0 amide bonds. The molecule has 0 saturated heterocycles. The molecule has 0 heterocycles. The Hall–Kier alpha value is -1.74. The summed E-state index contributed by atoms with van der Waals surface area (Å²) in [5.74, 6) is 1.09.